The molecule has 0 saturated carbocycles. The van der Waals surface area contributed by atoms with Crippen LogP contribution in [0, 0.1) is 5.92 Å². The molecule has 2 unspecified atom stereocenters. The summed E-state index contributed by atoms with van der Waals surface area (Å²) in [6, 6.07) is 29.8. The minimum atomic E-state index is -3.76. The van der Waals surface area contributed by atoms with Crippen molar-refractivity contribution >= 4 is 32.1 Å². The summed E-state index contributed by atoms with van der Waals surface area (Å²) < 4.78 is 92.4. The van der Waals surface area contributed by atoms with E-state index in [-0.39, 0.29) is 118 Å². The highest BCUT2D eigenvalue weighted by Crippen LogP contribution is 2.41. The van der Waals surface area contributed by atoms with E-state index in [0.717, 1.165) is 57.4 Å². The van der Waals surface area contributed by atoms with E-state index in [9.17, 15) is 26.4 Å². The number of nitrogens with zero attached hydrogens (tertiary/aromatic N) is 2. The minimum Gasteiger partial charge on any atom is -0.484 e. The Morgan fingerprint density at radius 1 is 0.512 bits per heavy atom. The number of piperidine rings is 2. The van der Waals surface area contributed by atoms with Crippen LogP contribution in [0.5, 0.6) is 11.5 Å². The lowest BCUT2D eigenvalue weighted by Gasteiger charge is -2.38. The van der Waals surface area contributed by atoms with Gasteiger partial charge in [-0.3, -0.25) is 9.80 Å². The molecule has 4 amide bonds. The van der Waals surface area contributed by atoms with E-state index in [2.05, 4.69) is 77.8 Å². The van der Waals surface area contributed by atoms with Crippen LogP contribution in [0.15, 0.2) is 107 Å². The Bertz CT molecular complexity index is 2650. The molecular weight excluding hydrogens is 1090 g/mol. The number of carbonyl (C=O) groups excluding carboxylic acids is 2. The SMILES string of the molecule is C[C@@H]1CCCN(C2Cc3ccccc3[C@@H]2Oc2ccc(S(=O)(=O)NCCOCCOCCNC(=O)NCCCCNC(=O)NCCOCCOCCNS(=O)(=O)c3ccc(O[C@H]4c5ccccc5CC4N4CCC[C@@H](N)C4)cc3)cc2)C1. The molecule has 2 aliphatic carbocycles. The molecule has 4 aromatic rings. The summed E-state index contributed by atoms with van der Waals surface area (Å²) in [6.45, 7) is 9.82. The van der Waals surface area contributed by atoms with Gasteiger partial charge in [0.05, 0.1) is 74.7 Å². The van der Waals surface area contributed by atoms with Gasteiger partial charge in [0, 0.05) is 58.4 Å². The van der Waals surface area contributed by atoms with Crippen LogP contribution >= 0.6 is 0 Å². The van der Waals surface area contributed by atoms with Crippen molar-refractivity contribution in [1.82, 2.24) is 40.5 Å². The average molecular weight is 1180 g/mol. The second-order valence-electron chi connectivity index (χ2n) is 21.4. The molecule has 2 saturated heterocycles. The number of carbonyl (C=O) groups is 2. The van der Waals surface area contributed by atoms with Gasteiger partial charge in [-0.05, 0) is 141 Å². The summed E-state index contributed by atoms with van der Waals surface area (Å²) in [4.78, 5) is 29.6. The number of amides is 4. The summed E-state index contributed by atoms with van der Waals surface area (Å²) >= 11 is 0. The molecule has 0 radical (unpaired) electrons. The molecule has 82 heavy (non-hydrogen) atoms. The van der Waals surface area contributed by atoms with Gasteiger partial charge in [0.1, 0.15) is 23.7 Å². The van der Waals surface area contributed by atoms with Crippen LogP contribution in [0.2, 0.25) is 0 Å². The van der Waals surface area contributed by atoms with E-state index in [1.807, 2.05) is 18.2 Å². The summed E-state index contributed by atoms with van der Waals surface area (Å²) in [6.07, 6.45) is 7.37. The molecule has 8 rings (SSSR count). The molecule has 0 spiro atoms. The van der Waals surface area contributed by atoms with Gasteiger partial charge in [-0.2, -0.15) is 0 Å². The Morgan fingerprint density at radius 2 is 0.915 bits per heavy atom. The van der Waals surface area contributed by atoms with Crippen molar-refractivity contribution in [2.45, 2.75) is 98.4 Å². The molecule has 21 nitrogen and oxygen atoms in total. The Labute approximate surface area is 484 Å². The topological polar surface area (TPSA) is 262 Å². The number of nitrogens with one attached hydrogen (secondary N) is 6. The Balaban J connectivity index is 0.569. The number of sulfonamides is 2. The summed E-state index contributed by atoms with van der Waals surface area (Å²) in [5.74, 6) is 1.89. The largest absolute Gasteiger partial charge is 0.484 e. The lowest BCUT2D eigenvalue weighted by Crippen LogP contribution is -2.49. The maximum Gasteiger partial charge on any atom is 0.314 e. The van der Waals surface area contributed by atoms with Gasteiger partial charge in [-0.25, -0.2) is 35.9 Å². The fourth-order valence-corrected chi connectivity index (χ4v) is 13.1. The smallest absolute Gasteiger partial charge is 0.314 e. The van der Waals surface area contributed by atoms with Crippen LogP contribution in [0.25, 0.3) is 0 Å². The highest BCUT2D eigenvalue weighted by molar-refractivity contribution is 7.89. The van der Waals surface area contributed by atoms with Gasteiger partial charge in [-0.15, -0.1) is 0 Å². The first-order chi connectivity index (χ1) is 39.8. The lowest BCUT2D eigenvalue weighted by atomic mass is 9.97. The number of nitrogens with two attached hydrogens (primary N) is 1. The number of fused-ring (bicyclic) bond motifs is 2. The molecule has 2 fully saturated rings. The maximum absolute atomic E-state index is 13.0. The third-order valence-corrected chi connectivity index (χ3v) is 18.2. The number of benzene rings is 4. The molecule has 4 aliphatic rings. The molecule has 0 aromatic heterocycles. The highest BCUT2D eigenvalue weighted by atomic mass is 32.2. The number of urea groups is 2. The number of unbranched alkanes of at least 4 members (excludes halogenated alkanes) is 1. The van der Waals surface area contributed by atoms with Gasteiger partial charge in [0.2, 0.25) is 20.0 Å². The molecular formula is C59H85N9O12S2. The number of ether oxygens (including phenoxy) is 6. The van der Waals surface area contributed by atoms with E-state index in [4.69, 9.17) is 34.2 Å². The summed E-state index contributed by atoms with van der Waals surface area (Å²) in [5, 5.41) is 11.0. The van der Waals surface area contributed by atoms with Crippen LogP contribution in [0.4, 0.5) is 9.59 Å². The Kier molecular flexibility index (Phi) is 24.4. The van der Waals surface area contributed by atoms with E-state index in [1.54, 1.807) is 48.5 Å². The van der Waals surface area contributed by atoms with Crippen LogP contribution in [0.3, 0.4) is 0 Å². The van der Waals surface area contributed by atoms with Crippen LogP contribution < -0.4 is 45.9 Å². The predicted molar refractivity (Wildman–Crippen MR) is 312 cm³/mol. The Morgan fingerprint density at radius 3 is 1.35 bits per heavy atom. The van der Waals surface area contributed by atoms with Crippen molar-refractivity contribution < 1.29 is 54.8 Å². The standard InChI is InChI=1S/C59H85N9O12S2/c1-44-10-8-30-67(42-44)54-40-45-11-2-4-14-52(45)56(54)79-48-16-20-50(21-17-48)81(71,72)65-28-34-77-38-36-75-32-26-63-58(69)61-24-6-7-25-62-59(70)64-27-33-76-37-39-78-35-29-66-82(73,74)51-22-18-49(19-23-51)80-57-53-15-5-3-12-46(53)41-55(57)68-31-9-13-47(60)43-68/h2-5,11-12,14-23,44,47,54-57,65-66H,6-10,13,24-43,60H2,1H3,(H2,61,63,69)(H2,62,64,70)/t44-,47-,54?,55?,56+,57+/m1/s1. The molecule has 2 heterocycles. The molecule has 23 heteroatoms. The number of rotatable bonds is 33. The van der Waals surface area contributed by atoms with Crippen molar-refractivity contribution in [2.24, 2.45) is 11.7 Å². The first-order valence-electron chi connectivity index (χ1n) is 29.1. The third-order valence-electron chi connectivity index (χ3n) is 15.2. The van der Waals surface area contributed by atoms with E-state index in [0.29, 0.717) is 56.4 Å². The summed E-state index contributed by atoms with van der Waals surface area (Å²) in [7, 11) is -7.51. The second kappa shape index (κ2) is 32.0. The van der Waals surface area contributed by atoms with Gasteiger partial charge in [0.15, 0.2) is 0 Å². The van der Waals surface area contributed by atoms with Gasteiger partial charge in [-0.1, -0.05) is 55.5 Å². The second-order valence-corrected chi connectivity index (χ2v) is 25.0. The van der Waals surface area contributed by atoms with E-state index >= 15 is 0 Å². The molecule has 450 valence electrons. The molecule has 2 aliphatic heterocycles. The maximum atomic E-state index is 13.0. The first-order valence-corrected chi connectivity index (χ1v) is 32.1. The van der Waals surface area contributed by atoms with Gasteiger partial charge >= 0.3 is 12.1 Å². The molecule has 0 bridgehead atoms. The van der Waals surface area contributed by atoms with Crippen molar-refractivity contribution in [3.8, 4) is 11.5 Å². The van der Waals surface area contributed by atoms with Gasteiger partial charge < -0.3 is 55.4 Å². The molecule has 8 N–H and O–H groups in total. The summed E-state index contributed by atoms with van der Waals surface area (Å²) in [5.41, 5.74) is 11.2. The fourth-order valence-electron chi connectivity index (χ4n) is 11.1. The zero-order chi connectivity index (χ0) is 57.6. The van der Waals surface area contributed by atoms with E-state index in [1.165, 1.54) is 29.5 Å². The zero-order valence-corrected chi connectivity index (χ0v) is 48.9. The highest BCUT2D eigenvalue weighted by Gasteiger charge is 2.41. The van der Waals surface area contributed by atoms with Crippen LogP contribution in [-0.2, 0) is 51.8 Å². The zero-order valence-electron chi connectivity index (χ0n) is 47.3. The minimum absolute atomic E-state index is 0.0870. The fraction of sp³-hybridized carbons (Fsp3) is 0.559. The normalized spacial score (nSPS) is 21.1. The Hall–Kier alpha value is -5.44. The average Bonchev–Trinajstić information content (AvgIpc) is 3.87. The predicted octanol–water partition coefficient (Wildman–Crippen LogP) is 4.63. The third kappa shape index (κ3) is 19.0. The van der Waals surface area contributed by atoms with Crippen LogP contribution in [-0.4, -0.2) is 175 Å². The molecule has 4 aromatic carbocycles. The quantitative estimate of drug-likeness (QED) is 0.0321. The van der Waals surface area contributed by atoms with Gasteiger partial charge in [0.25, 0.3) is 0 Å². The van der Waals surface area contributed by atoms with Crippen LogP contribution in [0.1, 0.15) is 79.9 Å². The number of hydrogen-bond donors (Lipinski definition) is 7. The molecule has 6 atom stereocenters. The van der Waals surface area contributed by atoms with Crippen molar-refractivity contribution in [3.05, 3.63) is 119 Å². The van der Waals surface area contributed by atoms with Crippen molar-refractivity contribution in [1.29, 1.82) is 0 Å². The lowest BCUT2D eigenvalue weighted by molar-refractivity contribution is 0.0505. The number of hydrogen-bond acceptors (Lipinski definition) is 15. The monoisotopic (exact) mass is 1180 g/mol. The van der Waals surface area contributed by atoms with Crippen molar-refractivity contribution in [3.63, 3.8) is 0 Å². The number of likely N-dealkylation sites (tertiary alicyclic amines) is 2. The first kappa shape index (κ1) is 62.6. The van der Waals surface area contributed by atoms with E-state index < -0.39 is 20.0 Å². The van der Waals surface area contributed by atoms with Crippen molar-refractivity contribution in [2.75, 3.05) is 118 Å².